The Bertz CT molecular complexity index is 995. The number of para-hydroxylation sites is 1. The summed E-state index contributed by atoms with van der Waals surface area (Å²) in [4.78, 5) is 0. The summed E-state index contributed by atoms with van der Waals surface area (Å²) in [5.41, 5.74) is 5.13. The van der Waals surface area contributed by atoms with E-state index in [2.05, 4.69) is 95.7 Å². The number of rotatable bonds is 2. The minimum Gasteiger partial charge on any atom is -0.355 e. The molecule has 3 aromatic carbocycles. The Kier molecular flexibility index (Phi) is 3.51. The molecule has 0 atom stereocenters. The highest BCUT2D eigenvalue weighted by Gasteiger charge is 2.41. The fourth-order valence-corrected chi connectivity index (χ4v) is 3.98. The van der Waals surface area contributed by atoms with Crippen LogP contribution in [0.4, 0.5) is 0 Å². The molecular weight excluding hydrogens is 318 g/mol. The molecule has 126 valence electrons. The van der Waals surface area contributed by atoms with Crippen molar-refractivity contribution in [3.8, 4) is 5.69 Å². The standard InChI is InChI=1S/C24H19NO/c1-3-11-20(12-4-1)24(21-13-5-2-6-14-21)23-16-9-17-25(23)22-15-8-7-10-19(22)18-26-24/h1-17H,18H2. The van der Waals surface area contributed by atoms with Crippen LogP contribution in [0, 0.1) is 0 Å². The van der Waals surface area contributed by atoms with Crippen molar-refractivity contribution in [2.45, 2.75) is 12.2 Å². The van der Waals surface area contributed by atoms with E-state index in [1.165, 1.54) is 11.3 Å². The molecule has 0 fully saturated rings. The molecule has 0 amide bonds. The van der Waals surface area contributed by atoms with Crippen molar-refractivity contribution in [1.82, 2.24) is 4.57 Å². The summed E-state index contributed by atoms with van der Waals surface area (Å²) in [6.07, 6.45) is 2.13. The average Bonchev–Trinajstić information content (AvgIpc) is 3.16. The normalized spacial score (nSPS) is 14.9. The van der Waals surface area contributed by atoms with E-state index in [0.29, 0.717) is 6.61 Å². The number of hydrogen-bond donors (Lipinski definition) is 0. The van der Waals surface area contributed by atoms with Crippen LogP contribution in [-0.2, 0) is 16.9 Å². The zero-order valence-electron chi connectivity index (χ0n) is 14.4. The highest BCUT2D eigenvalue weighted by atomic mass is 16.5. The van der Waals surface area contributed by atoms with Gasteiger partial charge in [0.05, 0.1) is 18.0 Å². The predicted octanol–water partition coefficient (Wildman–Crippen LogP) is 5.30. The minimum atomic E-state index is -0.648. The Labute approximate surface area is 153 Å². The molecule has 0 saturated carbocycles. The van der Waals surface area contributed by atoms with Gasteiger partial charge in [0.15, 0.2) is 5.60 Å². The molecule has 0 saturated heterocycles. The van der Waals surface area contributed by atoms with Gasteiger partial charge in [-0.3, -0.25) is 0 Å². The second kappa shape index (κ2) is 6.01. The lowest BCUT2D eigenvalue weighted by Crippen LogP contribution is -2.33. The Morgan fingerprint density at radius 3 is 1.96 bits per heavy atom. The molecule has 1 aliphatic heterocycles. The molecule has 0 bridgehead atoms. The van der Waals surface area contributed by atoms with Crippen LogP contribution in [0.1, 0.15) is 22.4 Å². The summed E-state index contributed by atoms with van der Waals surface area (Å²) in [5, 5.41) is 0. The van der Waals surface area contributed by atoms with Gasteiger partial charge in [0, 0.05) is 11.8 Å². The van der Waals surface area contributed by atoms with Crippen molar-refractivity contribution in [3.05, 3.63) is 126 Å². The molecule has 0 aliphatic carbocycles. The summed E-state index contributed by atoms with van der Waals surface area (Å²) >= 11 is 0. The van der Waals surface area contributed by atoms with Gasteiger partial charge >= 0.3 is 0 Å². The van der Waals surface area contributed by atoms with Gasteiger partial charge in [-0.1, -0.05) is 78.9 Å². The first-order chi connectivity index (χ1) is 12.9. The maximum absolute atomic E-state index is 6.75. The number of benzene rings is 3. The van der Waals surface area contributed by atoms with E-state index < -0.39 is 5.60 Å². The van der Waals surface area contributed by atoms with Crippen LogP contribution in [0.2, 0.25) is 0 Å². The molecule has 0 spiro atoms. The molecule has 0 N–H and O–H groups in total. The summed E-state index contributed by atoms with van der Waals surface area (Å²) in [6, 6.07) is 33.8. The van der Waals surface area contributed by atoms with E-state index in [1.54, 1.807) is 0 Å². The van der Waals surface area contributed by atoms with Gasteiger partial charge in [-0.05, 0) is 29.3 Å². The Morgan fingerprint density at radius 2 is 1.27 bits per heavy atom. The van der Waals surface area contributed by atoms with Crippen LogP contribution in [0.3, 0.4) is 0 Å². The molecule has 2 heteroatoms. The lowest BCUT2D eigenvalue weighted by atomic mass is 9.83. The molecule has 26 heavy (non-hydrogen) atoms. The van der Waals surface area contributed by atoms with E-state index in [9.17, 15) is 0 Å². The summed E-state index contributed by atoms with van der Waals surface area (Å²) in [5.74, 6) is 0. The minimum absolute atomic E-state index is 0.557. The number of fused-ring (bicyclic) bond motifs is 3. The number of nitrogens with zero attached hydrogens (tertiary/aromatic N) is 1. The van der Waals surface area contributed by atoms with E-state index in [-0.39, 0.29) is 0 Å². The van der Waals surface area contributed by atoms with Gasteiger partial charge in [0.2, 0.25) is 0 Å². The van der Waals surface area contributed by atoms with Crippen molar-refractivity contribution >= 4 is 0 Å². The topological polar surface area (TPSA) is 14.2 Å². The van der Waals surface area contributed by atoms with Crippen molar-refractivity contribution in [3.63, 3.8) is 0 Å². The first kappa shape index (κ1) is 15.2. The Balaban J connectivity index is 1.85. The quantitative estimate of drug-likeness (QED) is 0.484. The first-order valence-corrected chi connectivity index (χ1v) is 8.91. The predicted molar refractivity (Wildman–Crippen MR) is 103 cm³/mol. The lowest BCUT2D eigenvalue weighted by molar-refractivity contribution is -0.0000464. The maximum atomic E-state index is 6.75. The van der Waals surface area contributed by atoms with Crippen molar-refractivity contribution in [2.75, 3.05) is 0 Å². The van der Waals surface area contributed by atoms with Gasteiger partial charge in [-0.2, -0.15) is 0 Å². The van der Waals surface area contributed by atoms with Gasteiger partial charge in [-0.15, -0.1) is 0 Å². The highest BCUT2D eigenvalue weighted by Crippen LogP contribution is 2.44. The van der Waals surface area contributed by atoms with Crippen molar-refractivity contribution < 1.29 is 4.74 Å². The van der Waals surface area contributed by atoms with Crippen LogP contribution in [-0.4, -0.2) is 4.57 Å². The van der Waals surface area contributed by atoms with E-state index >= 15 is 0 Å². The van der Waals surface area contributed by atoms with Gasteiger partial charge in [-0.25, -0.2) is 0 Å². The Morgan fingerprint density at radius 1 is 0.654 bits per heavy atom. The molecule has 4 aromatic rings. The smallest absolute Gasteiger partial charge is 0.159 e. The second-order valence-electron chi connectivity index (χ2n) is 6.59. The SMILES string of the molecule is c1ccc(C2(c3ccccc3)OCc3ccccc3-n3cccc32)cc1. The van der Waals surface area contributed by atoms with Crippen LogP contribution >= 0.6 is 0 Å². The highest BCUT2D eigenvalue weighted by molar-refractivity contribution is 5.52. The van der Waals surface area contributed by atoms with Gasteiger partial charge < -0.3 is 9.30 Å². The monoisotopic (exact) mass is 337 g/mol. The molecule has 2 heterocycles. The third-order valence-corrected chi connectivity index (χ3v) is 5.17. The molecule has 1 aliphatic rings. The van der Waals surface area contributed by atoms with Crippen LogP contribution in [0.15, 0.2) is 103 Å². The molecule has 0 unspecified atom stereocenters. The third kappa shape index (κ3) is 2.16. The summed E-state index contributed by atoms with van der Waals surface area (Å²) in [7, 11) is 0. The molecule has 2 nitrogen and oxygen atoms in total. The Hall–Kier alpha value is -3.10. The summed E-state index contributed by atoms with van der Waals surface area (Å²) in [6.45, 7) is 0.557. The maximum Gasteiger partial charge on any atom is 0.159 e. The molecule has 5 rings (SSSR count). The molecule has 0 radical (unpaired) electrons. The van der Waals surface area contributed by atoms with Gasteiger partial charge in [0.1, 0.15) is 0 Å². The fourth-order valence-electron chi connectivity index (χ4n) is 3.98. The lowest BCUT2D eigenvalue weighted by Gasteiger charge is -2.34. The second-order valence-corrected chi connectivity index (χ2v) is 6.59. The fraction of sp³-hybridized carbons (Fsp3) is 0.0833. The number of ether oxygens (including phenoxy) is 1. The van der Waals surface area contributed by atoms with Crippen LogP contribution in [0.25, 0.3) is 5.69 Å². The van der Waals surface area contributed by atoms with Crippen LogP contribution in [0.5, 0.6) is 0 Å². The third-order valence-electron chi connectivity index (χ3n) is 5.17. The average molecular weight is 337 g/mol. The number of aromatic nitrogens is 1. The number of hydrogen-bond acceptors (Lipinski definition) is 1. The molecule has 1 aromatic heterocycles. The largest absolute Gasteiger partial charge is 0.355 e. The van der Waals surface area contributed by atoms with E-state index in [4.69, 9.17) is 4.74 Å². The zero-order valence-corrected chi connectivity index (χ0v) is 14.4. The zero-order chi connectivity index (χ0) is 17.4. The summed E-state index contributed by atoms with van der Waals surface area (Å²) < 4.78 is 9.02. The molecular formula is C24H19NO. The van der Waals surface area contributed by atoms with Crippen molar-refractivity contribution in [1.29, 1.82) is 0 Å². The van der Waals surface area contributed by atoms with Crippen LogP contribution < -0.4 is 0 Å². The van der Waals surface area contributed by atoms with E-state index in [1.807, 2.05) is 12.1 Å². The van der Waals surface area contributed by atoms with E-state index in [0.717, 1.165) is 16.8 Å². The first-order valence-electron chi connectivity index (χ1n) is 8.91. The van der Waals surface area contributed by atoms with Crippen molar-refractivity contribution in [2.24, 2.45) is 0 Å². The van der Waals surface area contributed by atoms with Gasteiger partial charge in [0.25, 0.3) is 0 Å².